The monoisotopic (exact) mass is 317 g/mol. The maximum Gasteiger partial charge on any atom is 0.346 e. The smallest absolute Gasteiger partial charge is 0.346 e. The number of benzene rings is 1. The molecule has 1 aromatic carbocycles. The van der Waals surface area contributed by atoms with Crippen molar-refractivity contribution in [2.75, 3.05) is 45.3 Å². The first-order valence-electron chi connectivity index (χ1n) is 7.35. The molecule has 1 aliphatic heterocycles. The van der Waals surface area contributed by atoms with Crippen LogP contribution >= 0.6 is 0 Å². The second-order valence-corrected chi connectivity index (χ2v) is 5.14. The summed E-state index contributed by atoms with van der Waals surface area (Å²) in [6, 6.07) is 5.60. The van der Waals surface area contributed by atoms with Crippen molar-refractivity contribution in [3.05, 3.63) is 30.6 Å². The molecule has 0 aliphatic carbocycles. The van der Waals surface area contributed by atoms with Gasteiger partial charge in [0.15, 0.2) is 0 Å². The lowest BCUT2D eigenvalue weighted by molar-refractivity contribution is 0.192. The maximum atomic E-state index is 12.2. The van der Waals surface area contributed by atoms with Crippen molar-refractivity contribution in [1.29, 1.82) is 0 Å². The minimum Gasteiger partial charge on any atom is -0.497 e. The molecule has 23 heavy (non-hydrogen) atoms. The van der Waals surface area contributed by atoms with E-state index < -0.39 is 0 Å². The Labute approximate surface area is 134 Å². The van der Waals surface area contributed by atoms with Crippen LogP contribution < -0.4 is 14.4 Å². The zero-order valence-corrected chi connectivity index (χ0v) is 13.2. The molecule has 0 saturated carbocycles. The minimum absolute atomic E-state index is 0.149. The van der Waals surface area contributed by atoms with Crippen molar-refractivity contribution < 1.29 is 14.3 Å². The molecule has 1 amide bonds. The van der Waals surface area contributed by atoms with E-state index in [-0.39, 0.29) is 6.03 Å². The molecule has 3 rings (SSSR count). The minimum atomic E-state index is -0.149. The van der Waals surface area contributed by atoms with Crippen LogP contribution in [0.4, 0.5) is 10.5 Å². The lowest BCUT2D eigenvalue weighted by Crippen LogP contribution is -2.50. The van der Waals surface area contributed by atoms with Crippen LogP contribution in [0.15, 0.2) is 30.6 Å². The number of methoxy groups -OCH3 is 2. The lowest BCUT2D eigenvalue weighted by Gasteiger charge is -2.36. The highest BCUT2D eigenvalue weighted by Crippen LogP contribution is 2.32. The van der Waals surface area contributed by atoms with Crippen LogP contribution in [0.5, 0.6) is 11.5 Å². The third kappa shape index (κ3) is 3.05. The third-order valence-electron chi connectivity index (χ3n) is 3.90. The van der Waals surface area contributed by atoms with E-state index in [1.807, 2.05) is 18.2 Å². The van der Waals surface area contributed by atoms with Gasteiger partial charge >= 0.3 is 6.03 Å². The first kappa shape index (κ1) is 15.1. The summed E-state index contributed by atoms with van der Waals surface area (Å²) in [6.45, 7) is 2.69. The van der Waals surface area contributed by atoms with Gasteiger partial charge in [0.1, 0.15) is 11.5 Å². The molecule has 0 spiro atoms. The Kier molecular flexibility index (Phi) is 4.31. The largest absolute Gasteiger partial charge is 0.497 e. The molecule has 8 nitrogen and oxygen atoms in total. The molecule has 8 heteroatoms. The summed E-state index contributed by atoms with van der Waals surface area (Å²) in [5.74, 6) is 1.52. The highest BCUT2D eigenvalue weighted by molar-refractivity contribution is 5.76. The van der Waals surface area contributed by atoms with Crippen LogP contribution in [-0.2, 0) is 0 Å². The average Bonchev–Trinajstić information content (AvgIpc) is 3.15. The zero-order chi connectivity index (χ0) is 16.2. The number of nitrogens with zero attached hydrogens (tertiary/aromatic N) is 5. The van der Waals surface area contributed by atoms with Crippen molar-refractivity contribution in [2.24, 2.45) is 0 Å². The standard InChI is InChI=1S/C15H19N5O3/c1-22-12-3-4-13(14(11-12)23-2)18-7-9-19(10-8-18)15(21)20-6-5-16-17-20/h3-6,11H,7-10H2,1-2H3. The molecule has 1 saturated heterocycles. The fourth-order valence-electron chi connectivity index (χ4n) is 2.64. The van der Waals surface area contributed by atoms with Gasteiger partial charge in [0.25, 0.3) is 0 Å². The Morgan fingerprint density at radius 1 is 1.13 bits per heavy atom. The average molecular weight is 317 g/mol. The molecule has 1 aromatic heterocycles. The second-order valence-electron chi connectivity index (χ2n) is 5.14. The van der Waals surface area contributed by atoms with E-state index in [1.165, 1.54) is 10.9 Å². The summed E-state index contributed by atoms with van der Waals surface area (Å²) < 4.78 is 11.9. The molecule has 0 atom stereocenters. The summed E-state index contributed by atoms with van der Waals surface area (Å²) in [5.41, 5.74) is 1.00. The van der Waals surface area contributed by atoms with Gasteiger partial charge in [-0.2, -0.15) is 4.68 Å². The molecule has 122 valence electrons. The number of anilines is 1. The van der Waals surface area contributed by atoms with Gasteiger partial charge in [0.05, 0.1) is 32.3 Å². The Morgan fingerprint density at radius 2 is 1.91 bits per heavy atom. The summed E-state index contributed by atoms with van der Waals surface area (Å²) in [4.78, 5) is 16.2. The number of hydrogen-bond donors (Lipinski definition) is 0. The SMILES string of the molecule is COc1ccc(N2CCN(C(=O)n3ccnn3)CC2)c(OC)c1. The van der Waals surface area contributed by atoms with Crippen LogP contribution in [0.25, 0.3) is 0 Å². The highest BCUT2D eigenvalue weighted by Gasteiger charge is 2.24. The van der Waals surface area contributed by atoms with Gasteiger partial charge in [0, 0.05) is 32.2 Å². The van der Waals surface area contributed by atoms with Crippen LogP contribution in [0.1, 0.15) is 0 Å². The molecule has 2 aromatic rings. The highest BCUT2D eigenvalue weighted by atomic mass is 16.5. The predicted molar refractivity (Wildman–Crippen MR) is 84.1 cm³/mol. The Bertz CT molecular complexity index is 666. The number of hydrogen-bond acceptors (Lipinski definition) is 6. The molecule has 0 N–H and O–H groups in total. The van der Waals surface area contributed by atoms with E-state index in [1.54, 1.807) is 25.3 Å². The van der Waals surface area contributed by atoms with Crippen LogP contribution in [-0.4, -0.2) is 66.3 Å². The number of carbonyl (C=O) groups excluding carboxylic acids is 1. The Hall–Kier alpha value is -2.77. The van der Waals surface area contributed by atoms with Crippen LogP contribution in [0, 0.1) is 0 Å². The van der Waals surface area contributed by atoms with Crippen LogP contribution in [0.2, 0.25) is 0 Å². The summed E-state index contributed by atoms with van der Waals surface area (Å²) in [7, 11) is 3.27. The van der Waals surface area contributed by atoms with Crippen molar-refractivity contribution >= 4 is 11.7 Å². The fraction of sp³-hybridized carbons (Fsp3) is 0.400. The van der Waals surface area contributed by atoms with Crippen molar-refractivity contribution in [3.8, 4) is 11.5 Å². The molecule has 1 fully saturated rings. The third-order valence-corrected chi connectivity index (χ3v) is 3.90. The Morgan fingerprint density at radius 3 is 2.52 bits per heavy atom. The molecule has 1 aliphatic rings. The van der Waals surface area contributed by atoms with Crippen molar-refractivity contribution in [1.82, 2.24) is 19.9 Å². The number of rotatable bonds is 3. The molecule has 0 bridgehead atoms. The van der Waals surface area contributed by atoms with E-state index in [4.69, 9.17) is 9.47 Å². The van der Waals surface area contributed by atoms with Crippen LogP contribution in [0.3, 0.4) is 0 Å². The molecule has 0 unspecified atom stereocenters. The predicted octanol–water partition coefficient (Wildman–Crippen LogP) is 1.09. The summed E-state index contributed by atoms with van der Waals surface area (Å²) in [6.07, 6.45) is 3.05. The van der Waals surface area contributed by atoms with E-state index in [0.717, 1.165) is 30.3 Å². The Balaban J connectivity index is 1.68. The number of carbonyl (C=O) groups is 1. The first-order chi connectivity index (χ1) is 11.2. The van der Waals surface area contributed by atoms with Gasteiger partial charge in [-0.05, 0) is 12.1 Å². The van der Waals surface area contributed by atoms with Gasteiger partial charge < -0.3 is 19.3 Å². The molecular formula is C15H19N5O3. The molecular weight excluding hydrogens is 298 g/mol. The van der Waals surface area contributed by atoms with Gasteiger partial charge in [-0.1, -0.05) is 5.21 Å². The van der Waals surface area contributed by atoms with Crippen molar-refractivity contribution in [2.45, 2.75) is 0 Å². The van der Waals surface area contributed by atoms with E-state index >= 15 is 0 Å². The number of piperazine rings is 1. The normalized spacial score (nSPS) is 14.7. The quantitative estimate of drug-likeness (QED) is 0.844. The van der Waals surface area contributed by atoms with E-state index in [9.17, 15) is 4.79 Å². The summed E-state index contributed by atoms with van der Waals surface area (Å²) >= 11 is 0. The van der Waals surface area contributed by atoms with Crippen molar-refractivity contribution in [3.63, 3.8) is 0 Å². The lowest BCUT2D eigenvalue weighted by atomic mass is 10.2. The number of amides is 1. The van der Waals surface area contributed by atoms with Gasteiger partial charge in [0.2, 0.25) is 0 Å². The summed E-state index contributed by atoms with van der Waals surface area (Å²) in [5, 5.41) is 7.41. The second kappa shape index (κ2) is 6.55. The maximum absolute atomic E-state index is 12.2. The topological polar surface area (TPSA) is 72.7 Å². The van der Waals surface area contributed by atoms with E-state index in [0.29, 0.717) is 13.1 Å². The molecule has 0 radical (unpaired) electrons. The van der Waals surface area contributed by atoms with Gasteiger partial charge in [-0.15, -0.1) is 5.10 Å². The van der Waals surface area contributed by atoms with Gasteiger partial charge in [-0.25, -0.2) is 4.79 Å². The van der Waals surface area contributed by atoms with E-state index in [2.05, 4.69) is 15.2 Å². The number of ether oxygens (including phenoxy) is 2. The zero-order valence-electron chi connectivity index (χ0n) is 13.2. The van der Waals surface area contributed by atoms with Gasteiger partial charge in [-0.3, -0.25) is 0 Å². The number of aromatic nitrogens is 3. The molecule has 2 heterocycles. The fourth-order valence-corrected chi connectivity index (χ4v) is 2.64. The first-order valence-corrected chi connectivity index (χ1v) is 7.35.